The summed E-state index contributed by atoms with van der Waals surface area (Å²) in [5.74, 6) is 0. The predicted octanol–water partition coefficient (Wildman–Crippen LogP) is 2.59. The van der Waals surface area contributed by atoms with Crippen molar-refractivity contribution in [2.45, 2.75) is 38.6 Å². The van der Waals surface area contributed by atoms with Gasteiger partial charge in [0.15, 0.2) is 5.13 Å². The number of aryl methyl sites for hydroxylation is 1. The van der Waals surface area contributed by atoms with Crippen LogP contribution >= 0.6 is 11.3 Å². The van der Waals surface area contributed by atoms with Crippen molar-refractivity contribution < 1.29 is 0 Å². The van der Waals surface area contributed by atoms with Gasteiger partial charge in [-0.15, -0.1) is 11.3 Å². The molecule has 0 amide bonds. The molecule has 1 heterocycles. The van der Waals surface area contributed by atoms with Gasteiger partial charge in [-0.3, -0.25) is 0 Å². The molecule has 3 nitrogen and oxygen atoms in total. The number of aromatic nitrogens is 1. The van der Waals surface area contributed by atoms with Crippen LogP contribution in [0.4, 0.5) is 5.13 Å². The topological polar surface area (TPSA) is 39.9 Å². The van der Waals surface area contributed by atoms with Gasteiger partial charge in [0.05, 0.1) is 18.2 Å². The molecular weight excluding hydrogens is 206 g/mol. The van der Waals surface area contributed by atoms with Crippen molar-refractivity contribution >= 4 is 16.5 Å². The first-order chi connectivity index (χ1) is 7.35. The van der Waals surface area contributed by atoms with Crippen LogP contribution in [0.1, 0.15) is 31.9 Å². The van der Waals surface area contributed by atoms with Crippen molar-refractivity contribution in [1.82, 2.24) is 4.98 Å². The third kappa shape index (κ3) is 2.48. The summed E-state index contributed by atoms with van der Waals surface area (Å²) < 4.78 is 0. The van der Waals surface area contributed by atoms with E-state index in [0.29, 0.717) is 12.5 Å². The first-order valence-electron chi connectivity index (χ1n) is 5.43. The minimum absolute atomic E-state index is 0.595. The summed E-state index contributed by atoms with van der Waals surface area (Å²) in [7, 11) is 0. The SMILES string of the molecule is CCc1csc(N(CCC#N)C2CC2)n1. The summed E-state index contributed by atoms with van der Waals surface area (Å²) in [5.41, 5.74) is 1.16. The van der Waals surface area contributed by atoms with E-state index in [2.05, 4.69) is 28.3 Å². The van der Waals surface area contributed by atoms with Crippen molar-refractivity contribution in [3.05, 3.63) is 11.1 Å². The van der Waals surface area contributed by atoms with E-state index in [1.807, 2.05) is 0 Å². The third-order valence-electron chi connectivity index (χ3n) is 2.60. The van der Waals surface area contributed by atoms with Gasteiger partial charge in [-0.25, -0.2) is 4.98 Å². The Morgan fingerprint density at radius 2 is 2.47 bits per heavy atom. The van der Waals surface area contributed by atoms with E-state index in [1.165, 1.54) is 12.8 Å². The molecule has 0 bridgehead atoms. The van der Waals surface area contributed by atoms with Crippen LogP contribution in [-0.4, -0.2) is 17.6 Å². The molecule has 0 aromatic carbocycles. The summed E-state index contributed by atoms with van der Waals surface area (Å²) in [6.45, 7) is 2.95. The molecule has 0 saturated heterocycles. The molecule has 0 unspecified atom stereocenters. The summed E-state index contributed by atoms with van der Waals surface area (Å²) in [4.78, 5) is 6.88. The molecule has 0 atom stereocenters. The van der Waals surface area contributed by atoms with Gasteiger partial charge in [-0.2, -0.15) is 5.26 Å². The smallest absolute Gasteiger partial charge is 0.185 e. The van der Waals surface area contributed by atoms with Crippen LogP contribution in [0.15, 0.2) is 5.38 Å². The van der Waals surface area contributed by atoms with Gasteiger partial charge in [-0.05, 0) is 19.3 Å². The molecule has 1 aliphatic carbocycles. The fourth-order valence-corrected chi connectivity index (χ4v) is 2.59. The van der Waals surface area contributed by atoms with Gasteiger partial charge in [0.25, 0.3) is 0 Å². The van der Waals surface area contributed by atoms with Crippen LogP contribution in [0, 0.1) is 11.3 Å². The minimum atomic E-state index is 0.595. The summed E-state index contributed by atoms with van der Waals surface area (Å²) in [6, 6.07) is 2.85. The van der Waals surface area contributed by atoms with Crippen LogP contribution < -0.4 is 4.90 Å². The second-order valence-corrected chi connectivity index (χ2v) is 4.64. The maximum absolute atomic E-state index is 8.62. The van der Waals surface area contributed by atoms with Crippen molar-refractivity contribution in [2.24, 2.45) is 0 Å². The van der Waals surface area contributed by atoms with Gasteiger partial charge < -0.3 is 4.90 Å². The van der Waals surface area contributed by atoms with Crippen LogP contribution in [0.5, 0.6) is 0 Å². The molecule has 0 N–H and O–H groups in total. The van der Waals surface area contributed by atoms with Crippen molar-refractivity contribution in [3.8, 4) is 6.07 Å². The Kier molecular flexibility index (Phi) is 3.22. The first kappa shape index (κ1) is 10.4. The molecular formula is C11H15N3S. The molecule has 0 radical (unpaired) electrons. The molecule has 15 heavy (non-hydrogen) atoms. The largest absolute Gasteiger partial charge is 0.344 e. The molecule has 1 aromatic heterocycles. The Morgan fingerprint density at radius 1 is 1.67 bits per heavy atom. The van der Waals surface area contributed by atoms with E-state index in [4.69, 9.17) is 5.26 Å². The van der Waals surface area contributed by atoms with Crippen molar-refractivity contribution in [1.29, 1.82) is 5.26 Å². The summed E-state index contributed by atoms with van der Waals surface area (Å²) >= 11 is 1.71. The number of nitriles is 1. The fourth-order valence-electron chi connectivity index (χ4n) is 1.58. The monoisotopic (exact) mass is 221 g/mol. The normalized spacial score (nSPS) is 14.9. The highest BCUT2D eigenvalue weighted by Crippen LogP contribution is 2.33. The Bertz CT molecular complexity index is 362. The van der Waals surface area contributed by atoms with E-state index in [9.17, 15) is 0 Å². The maximum atomic E-state index is 8.62. The van der Waals surface area contributed by atoms with Crippen LogP contribution in [0.25, 0.3) is 0 Å². The Balaban J connectivity index is 2.06. The zero-order valence-corrected chi connectivity index (χ0v) is 9.76. The average Bonchev–Trinajstić information content (AvgIpc) is 2.97. The summed E-state index contributed by atoms with van der Waals surface area (Å²) in [6.07, 6.45) is 4.10. The van der Waals surface area contributed by atoms with Crippen LogP contribution in [0.3, 0.4) is 0 Å². The Labute approximate surface area is 94.4 Å². The van der Waals surface area contributed by atoms with Gasteiger partial charge >= 0.3 is 0 Å². The van der Waals surface area contributed by atoms with E-state index in [-0.39, 0.29) is 0 Å². The summed E-state index contributed by atoms with van der Waals surface area (Å²) in [5, 5.41) is 11.8. The Morgan fingerprint density at radius 3 is 3.00 bits per heavy atom. The quantitative estimate of drug-likeness (QED) is 0.767. The first-order valence-corrected chi connectivity index (χ1v) is 6.31. The maximum Gasteiger partial charge on any atom is 0.185 e. The van der Waals surface area contributed by atoms with E-state index < -0.39 is 0 Å². The van der Waals surface area contributed by atoms with Gasteiger partial charge in [-0.1, -0.05) is 6.92 Å². The lowest BCUT2D eigenvalue weighted by molar-refractivity contribution is 0.785. The second-order valence-electron chi connectivity index (χ2n) is 3.81. The lowest BCUT2D eigenvalue weighted by Gasteiger charge is -2.19. The Hall–Kier alpha value is -1.08. The predicted molar refractivity (Wildman–Crippen MR) is 62.1 cm³/mol. The molecule has 1 fully saturated rings. The zero-order valence-electron chi connectivity index (χ0n) is 8.94. The molecule has 80 valence electrons. The molecule has 1 saturated carbocycles. The highest BCUT2D eigenvalue weighted by molar-refractivity contribution is 7.13. The second kappa shape index (κ2) is 4.63. The van der Waals surface area contributed by atoms with E-state index in [0.717, 1.165) is 23.8 Å². The molecule has 0 spiro atoms. The van der Waals surface area contributed by atoms with Crippen molar-refractivity contribution in [2.75, 3.05) is 11.4 Å². The highest BCUT2D eigenvalue weighted by atomic mass is 32.1. The zero-order chi connectivity index (χ0) is 10.7. The number of thiazole rings is 1. The van der Waals surface area contributed by atoms with Gasteiger partial charge in [0.1, 0.15) is 0 Å². The lowest BCUT2D eigenvalue weighted by atomic mass is 10.4. The minimum Gasteiger partial charge on any atom is -0.344 e. The molecule has 4 heteroatoms. The number of nitrogens with zero attached hydrogens (tertiary/aromatic N) is 3. The molecule has 1 aromatic rings. The van der Waals surface area contributed by atoms with E-state index in [1.54, 1.807) is 11.3 Å². The number of rotatable bonds is 5. The lowest BCUT2D eigenvalue weighted by Crippen LogP contribution is -2.26. The molecule has 2 rings (SSSR count). The van der Waals surface area contributed by atoms with Crippen molar-refractivity contribution in [3.63, 3.8) is 0 Å². The number of hydrogen-bond donors (Lipinski definition) is 0. The molecule has 0 aliphatic heterocycles. The standard InChI is InChI=1S/C11H15N3S/c1-2-9-8-15-11(13-9)14(7-3-6-12)10-4-5-10/h8,10H,2-5,7H2,1H3. The van der Waals surface area contributed by atoms with Gasteiger partial charge in [0, 0.05) is 18.0 Å². The fraction of sp³-hybridized carbons (Fsp3) is 0.636. The average molecular weight is 221 g/mol. The third-order valence-corrected chi connectivity index (χ3v) is 3.53. The van der Waals surface area contributed by atoms with Crippen LogP contribution in [-0.2, 0) is 6.42 Å². The number of anilines is 1. The van der Waals surface area contributed by atoms with Crippen LogP contribution in [0.2, 0.25) is 0 Å². The number of hydrogen-bond acceptors (Lipinski definition) is 4. The molecule has 1 aliphatic rings. The highest BCUT2D eigenvalue weighted by Gasteiger charge is 2.30. The van der Waals surface area contributed by atoms with E-state index >= 15 is 0 Å². The van der Waals surface area contributed by atoms with Gasteiger partial charge in [0.2, 0.25) is 0 Å².